The van der Waals surface area contributed by atoms with E-state index in [0.717, 1.165) is 54.7 Å². The predicted octanol–water partition coefficient (Wildman–Crippen LogP) is 6.72. The van der Waals surface area contributed by atoms with Crippen molar-refractivity contribution >= 4 is 5.71 Å². The molecule has 0 aromatic rings. The Morgan fingerprint density at radius 2 is 1.94 bits per heavy atom. The average Bonchev–Trinajstić information content (AvgIpc) is 3.33. The van der Waals surface area contributed by atoms with E-state index >= 15 is 0 Å². The quantitative estimate of drug-likeness (QED) is 0.242. The molecule has 4 aliphatic carbocycles. The average molecular weight is 457 g/mol. The summed E-state index contributed by atoms with van der Waals surface area (Å²) in [7, 11) is 0. The first-order valence-electron chi connectivity index (χ1n) is 14.2. The van der Waals surface area contributed by atoms with Crippen molar-refractivity contribution in [2.24, 2.45) is 40.2 Å². The molecule has 1 spiro atoms. The molecule has 0 aromatic heterocycles. The second kappa shape index (κ2) is 8.97. The van der Waals surface area contributed by atoms with Crippen molar-refractivity contribution in [3.05, 3.63) is 11.1 Å². The minimum atomic E-state index is 0.0990. The fourth-order valence-electron chi connectivity index (χ4n) is 9.33. The Hall–Kier alpha value is -0.870. The summed E-state index contributed by atoms with van der Waals surface area (Å²) in [6, 6.07) is 0.582. The lowest BCUT2D eigenvalue weighted by molar-refractivity contribution is -0.0629. The number of fused-ring (bicyclic) bond motifs is 6. The van der Waals surface area contributed by atoms with Crippen molar-refractivity contribution in [1.82, 2.24) is 5.32 Å². The van der Waals surface area contributed by atoms with E-state index in [2.05, 4.69) is 31.2 Å². The maximum Gasteiger partial charge on any atom is 0.0740 e. The van der Waals surface area contributed by atoms with Gasteiger partial charge in [0.15, 0.2) is 0 Å². The zero-order valence-electron chi connectivity index (χ0n) is 21.8. The third kappa shape index (κ3) is 3.92. The van der Waals surface area contributed by atoms with Crippen LogP contribution in [0.25, 0.3) is 0 Å². The van der Waals surface area contributed by atoms with Crippen LogP contribution in [-0.2, 0) is 4.74 Å². The number of oxime groups is 1. The minimum Gasteiger partial charge on any atom is -0.411 e. The summed E-state index contributed by atoms with van der Waals surface area (Å²) in [5.74, 6) is 3.97. The van der Waals surface area contributed by atoms with Gasteiger partial charge in [-0.1, -0.05) is 44.0 Å². The molecule has 0 radical (unpaired) electrons. The summed E-state index contributed by atoms with van der Waals surface area (Å²) in [6.07, 6.45) is 13.9. The number of rotatable bonds is 0. The molecule has 0 aromatic carbocycles. The van der Waals surface area contributed by atoms with Crippen LogP contribution in [0.2, 0.25) is 0 Å². The fraction of sp³-hybridized carbons (Fsp3) is 0.897. The third-order valence-electron chi connectivity index (χ3n) is 11.0. The second-order valence-corrected chi connectivity index (χ2v) is 12.7. The number of ether oxygens (including phenoxy) is 1. The van der Waals surface area contributed by atoms with Gasteiger partial charge < -0.3 is 15.3 Å². The van der Waals surface area contributed by atoms with E-state index in [4.69, 9.17) is 4.74 Å². The number of hydrogen-bond donors (Lipinski definition) is 2. The molecule has 3 saturated carbocycles. The van der Waals surface area contributed by atoms with Gasteiger partial charge in [-0.15, -0.1) is 0 Å². The first-order valence-corrected chi connectivity index (χ1v) is 14.2. The molecule has 6 aliphatic rings. The summed E-state index contributed by atoms with van der Waals surface area (Å²) in [5.41, 5.74) is 5.09. The van der Waals surface area contributed by atoms with Crippen LogP contribution in [0.3, 0.4) is 0 Å². The third-order valence-corrected chi connectivity index (χ3v) is 11.0. The van der Waals surface area contributed by atoms with Crippen LogP contribution in [0.4, 0.5) is 0 Å². The van der Waals surface area contributed by atoms with Crippen molar-refractivity contribution < 1.29 is 9.94 Å². The van der Waals surface area contributed by atoms with Gasteiger partial charge in [-0.25, -0.2) is 0 Å². The highest BCUT2D eigenvalue weighted by Crippen LogP contribution is 2.64. The molecule has 4 heteroatoms. The molecule has 5 fully saturated rings. The van der Waals surface area contributed by atoms with Crippen LogP contribution in [0, 0.1) is 35.0 Å². The molecule has 2 saturated heterocycles. The van der Waals surface area contributed by atoms with Gasteiger partial charge in [-0.05, 0) is 119 Å². The van der Waals surface area contributed by atoms with E-state index in [1.807, 2.05) is 19.4 Å². The Kier molecular flexibility index (Phi) is 6.48. The lowest BCUT2D eigenvalue weighted by Gasteiger charge is -2.52. The molecule has 7 unspecified atom stereocenters. The van der Waals surface area contributed by atoms with Crippen LogP contribution in [0.5, 0.6) is 0 Å². The number of allylic oxidation sites excluding steroid dienone is 1. The Labute approximate surface area is 202 Å². The minimum absolute atomic E-state index is 0.0990. The van der Waals surface area contributed by atoms with Crippen LogP contribution in [0.1, 0.15) is 105 Å². The van der Waals surface area contributed by atoms with Crippen molar-refractivity contribution in [2.45, 2.75) is 123 Å². The molecule has 0 amide bonds. The van der Waals surface area contributed by atoms with E-state index < -0.39 is 0 Å². The molecule has 33 heavy (non-hydrogen) atoms. The summed E-state index contributed by atoms with van der Waals surface area (Å²) in [5, 5.41) is 16.8. The topological polar surface area (TPSA) is 53.9 Å². The molecular weight excluding hydrogens is 408 g/mol. The van der Waals surface area contributed by atoms with Crippen LogP contribution < -0.4 is 5.32 Å². The van der Waals surface area contributed by atoms with E-state index in [1.54, 1.807) is 5.57 Å². The smallest absolute Gasteiger partial charge is 0.0740 e. The van der Waals surface area contributed by atoms with Gasteiger partial charge in [0.2, 0.25) is 0 Å². The molecule has 4 nitrogen and oxygen atoms in total. The van der Waals surface area contributed by atoms with Gasteiger partial charge in [0.05, 0.1) is 17.4 Å². The van der Waals surface area contributed by atoms with Crippen molar-refractivity contribution in [3.8, 4) is 0 Å². The highest BCUT2D eigenvalue weighted by atomic mass is 16.5. The molecule has 6 rings (SSSR count). The Morgan fingerprint density at radius 3 is 2.73 bits per heavy atom. The van der Waals surface area contributed by atoms with E-state index in [1.165, 1.54) is 57.8 Å². The van der Waals surface area contributed by atoms with Gasteiger partial charge in [-0.3, -0.25) is 0 Å². The van der Waals surface area contributed by atoms with E-state index in [0.29, 0.717) is 17.6 Å². The highest BCUT2D eigenvalue weighted by Gasteiger charge is 2.57. The van der Waals surface area contributed by atoms with Crippen LogP contribution >= 0.6 is 0 Å². The SMILES string of the molecule is CC.CC1=C2CC3C(CCC4C/C(=N/O)CC[C@@]43C)C2CC[C@]2(C1)CC1NCC(C)CC1O2. The Bertz CT molecular complexity index is 805. The number of nitrogens with zero attached hydrogens (tertiary/aromatic N) is 1. The molecule has 9 atom stereocenters. The Morgan fingerprint density at radius 1 is 1.12 bits per heavy atom. The lowest BCUT2D eigenvalue weighted by Crippen LogP contribution is -2.46. The zero-order valence-corrected chi connectivity index (χ0v) is 21.8. The summed E-state index contributed by atoms with van der Waals surface area (Å²) >= 11 is 0. The molecule has 0 bridgehead atoms. The molecule has 2 N–H and O–H groups in total. The maximum absolute atomic E-state index is 9.34. The first kappa shape index (κ1) is 23.9. The van der Waals surface area contributed by atoms with Crippen molar-refractivity contribution in [2.75, 3.05) is 6.54 Å². The van der Waals surface area contributed by atoms with E-state index in [9.17, 15) is 5.21 Å². The largest absolute Gasteiger partial charge is 0.411 e. The zero-order chi connectivity index (χ0) is 23.4. The van der Waals surface area contributed by atoms with E-state index in [-0.39, 0.29) is 5.60 Å². The van der Waals surface area contributed by atoms with Gasteiger partial charge in [0, 0.05) is 6.04 Å². The van der Waals surface area contributed by atoms with Crippen molar-refractivity contribution in [3.63, 3.8) is 0 Å². The fourth-order valence-corrected chi connectivity index (χ4v) is 9.33. The van der Waals surface area contributed by atoms with Crippen molar-refractivity contribution in [1.29, 1.82) is 0 Å². The summed E-state index contributed by atoms with van der Waals surface area (Å²) in [6.45, 7) is 12.6. The van der Waals surface area contributed by atoms with Gasteiger partial charge in [0.25, 0.3) is 0 Å². The molecule has 2 aliphatic heterocycles. The summed E-state index contributed by atoms with van der Waals surface area (Å²) < 4.78 is 6.91. The van der Waals surface area contributed by atoms with Gasteiger partial charge in [-0.2, -0.15) is 0 Å². The normalized spacial score (nSPS) is 50.1. The highest BCUT2D eigenvalue weighted by molar-refractivity contribution is 5.85. The number of hydrogen-bond acceptors (Lipinski definition) is 4. The van der Waals surface area contributed by atoms with Crippen LogP contribution in [-0.4, -0.2) is 35.2 Å². The molecular formula is C29H48N2O2. The maximum atomic E-state index is 9.34. The molecule has 2 heterocycles. The van der Waals surface area contributed by atoms with Gasteiger partial charge >= 0.3 is 0 Å². The lowest BCUT2D eigenvalue weighted by atomic mass is 9.52. The summed E-state index contributed by atoms with van der Waals surface area (Å²) in [4.78, 5) is 0. The molecule has 186 valence electrons. The monoisotopic (exact) mass is 456 g/mol. The Balaban J connectivity index is 0.00000111. The van der Waals surface area contributed by atoms with Crippen LogP contribution in [0.15, 0.2) is 16.3 Å². The van der Waals surface area contributed by atoms with Gasteiger partial charge in [0.1, 0.15) is 0 Å². The number of piperidine rings is 1. The predicted molar refractivity (Wildman–Crippen MR) is 135 cm³/mol. The number of nitrogens with one attached hydrogen (secondary N) is 1. The standard InChI is InChI=1S/C27H42N2O2.C2H6/c1-16-10-25-24(28-15-16)14-27(31-25)9-7-20-21-5-4-18-11-19(29-30)6-8-26(18,3)23(21)12-22(20)17(2)13-27;1-2/h16,18,20-21,23-25,28,30H,4-15H2,1-3H3;1-2H3/b29-19+;/t16?,18?,20?,21?,23?,24?,25?,26-,27-;/m0./s1. The first-order chi connectivity index (χ1) is 15.9. The second-order valence-electron chi connectivity index (χ2n) is 12.7.